The Morgan fingerprint density at radius 2 is 2.04 bits per heavy atom. The van der Waals surface area contributed by atoms with E-state index >= 15 is 0 Å². The summed E-state index contributed by atoms with van der Waals surface area (Å²) in [6, 6.07) is 8.80. The van der Waals surface area contributed by atoms with Crippen molar-refractivity contribution in [3.63, 3.8) is 0 Å². The number of benzene rings is 1. The number of hydrogen-bond acceptors (Lipinski definition) is 6. The van der Waals surface area contributed by atoms with E-state index in [4.69, 9.17) is 10.4 Å². The molecule has 0 radical (unpaired) electrons. The van der Waals surface area contributed by atoms with Crippen LogP contribution in [0.5, 0.6) is 0 Å². The lowest BCUT2D eigenvalue weighted by Gasteiger charge is -2.30. The fourth-order valence-corrected chi connectivity index (χ4v) is 6.69. The maximum absolute atomic E-state index is 13.1. The molecule has 6 nitrogen and oxygen atoms in total. The standard InChI is InChI=1S/C19H26N2O4S2/c20-10-11-21-19(23)16-7-2-1-6-15(16)14-27(24,25)18-9-4-3-8-17(18)26-13-5-12-22/h3-4,8-9,15-16,22H,1-2,5-7,11-14H2,(H,21,23). The van der Waals surface area contributed by atoms with E-state index in [1.165, 1.54) is 11.8 Å². The van der Waals surface area contributed by atoms with Crippen LogP contribution in [0.3, 0.4) is 0 Å². The summed E-state index contributed by atoms with van der Waals surface area (Å²) < 4.78 is 26.2. The fourth-order valence-electron chi connectivity index (χ4n) is 3.45. The second-order valence-corrected chi connectivity index (χ2v) is 9.82. The summed E-state index contributed by atoms with van der Waals surface area (Å²) in [5, 5.41) is 20.2. The fraction of sp³-hybridized carbons (Fsp3) is 0.579. The Bertz CT molecular complexity index is 774. The van der Waals surface area contributed by atoms with Gasteiger partial charge in [0, 0.05) is 23.2 Å². The van der Waals surface area contributed by atoms with E-state index in [0.29, 0.717) is 34.8 Å². The van der Waals surface area contributed by atoms with Crippen molar-refractivity contribution in [3.8, 4) is 6.07 Å². The molecule has 148 valence electrons. The van der Waals surface area contributed by atoms with Crippen molar-refractivity contribution in [2.45, 2.75) is 41.9 Å². The Hall–Kier alpha value is -1.56. The molecular formula is C19H26N2O4S2. The second kappa shape index (κ2) is 10.7. The largest absolute Gasteiger partial charge is 0.396 e. The van der Waals surface area contributed by atoms with E-state index in [0.717, 1.165) is 12.8 Å². The van der Waals surface area contributed by atoms with Crippen molar-refractivity contribution in [2.24, 2.45) is 11.8 Å². The number of thioether (sulfide) groups is 1. The highest BCUT2D eigenvalue weighted by Crippen LogP contribution is 2.35. The molecule has 1 aromatic rings. The number of nitriles is 1. The molecule has 2 rings (SSSR count). The minimum Gasteiger partial charge on any atom is -0.396 e. The lowest BCUT2D eigenvalue weighted by Crippen LogP contribution is -2.39. The van der Waals surface area contributed by atoms with Crippen molar-refractivity contribution in [3.05, 3.63) is 24.3 Å². The van der Waals surface area contributed by atoms with Crippen LogP contribution in [0.25, 0.3) is 0 Å². The van der Waals surface area contributed by atoms with Gasteiger partial charge in [0.15, 0.2) is 9.84 Å². The first-order chi connectivity index (χ1) is 13.0. The van der Waals surface area contributed by atoms with E-state index in [-0.39, 0.29) is 36.6 Å². The number of aliphatic hydroxyl groups is 1. The molecule has 0 bridgehead atoms. The maximum atomic E-state index is 13.1. The lowest BCUT2D eigenvalue weighted by atomic mass is 9.80. The van der Waals surface area contributed by atoms with E-state index in [1.807, 2.05) is 6.07 Å². The highest BCUT2D eigenvalue weighted by atomic mass is 32.2. The Balaban J connectivity index is 2.16. The number of carbonyl (C=O) groups excluding carboxylic acids is 1. The molecule has 8 heteroatoms. The molecule has 1 aromatic carbocycles. The minimum atomic E-state index is -3.54. The average Bonchev–Trinajstić information content (AvgIpc) is 2.67. The van der Waals surface area contributed by atoms with Crippen LogP contribution in [-0.2, 0) is 14.6 Å². The summed E-state index contributed by atoms with van der Waals surface area (Å²) in [6.07, 6.45) is 3.76. The number of nitrogens with zero attached hydrogens (tertiary/aromatic N) is 1. The highest BCUT2D eigenvalue weighted by molar-refractivity contribution is 8.00. The van der Waals surface area contributed by atoms with E-state index in [2.05, 4.69) is 5.32 Å². The minimum absolute atomic E-state index is 0.0564. The topological polar surface area (TPSA) is 107 Å². The summed E-state index contributed by atoms with van der Waals surface area (Å²) in [4.78, 5) is 13.3. The quantitative estimate of drug-likeness (QED) is 0.368. The second-order valence-electron chi connectivity index (χ2n) is 6.68. The Kier molecular flexibility index (Phi) is 8.61. The van der Waals surface area contributed by atoms with Crippen molar-refractivity contribution < 1.29 is 18.3 Å². The molecule has 2 atom stereocenters. The SMILES string of the molecule is N#CCNC(=O)C1CCCCC1CS(=O)(=O)c1ccccc1SCCCO. The number of sulfone groups is 1. The molecule has 1 aliphatic carbocycles. The van der Waals surface area contributed by atoms with Crippen LogP contribution in [0.15, 0.2) is 34.1 Å². The zero-order valence-electron chi connectivity index (χ0n) is 15.3. The summed E-state index contributed by atoms with van der Waals surface area (Å²) in [5.74, 6) is -0.239. The Labute approximate surface area is 165 Å². The van der Waals surface area contributed by atoms with Crippen LogP contribution < -0.4 is 5.32 Å². The van der Waals surface area contributed by atoms with E-state index in [9.17, 15) is 13.2 Å². The van der Waals surface area contributed by atoms with Gasteiger partial charge in [-0.25, -0.2) is 8.42 Å². The molecule has 0 aromatic heterocycles. The third-order valence-electron chi connectivity index (χ3n) is 4.77. The molecular weight excluding hydrogens is 384 g/mol. The van der Waals surface area contributed by atoms with Gasteiger partial charge in [-0.3, -0.25) is 4.79 Å². The van der Waals surface area contributed by atoms with Gasteiger partial charge in [-0.15, -0.1) is 11.8 Å². The third-order valence-corrected chi connectivity index (χ3v) is 7.95. The number of rotatable bonds is 9. The number of nitrogens with one attached hydrogen (secondary N) is 1. The van der Waals surface area contributed by atoms with Crippen molar-refractivity contribution >= 4 is 27.5 Å². The molecule has 0 saturated heterocycles. The first-order valence-electron chi connectivity index (χ1n) is 9.19. The van der Waals surface area contributed by atoms with Gasteiger partial charge in [0.1, 0.15) is 6.54 Å². The van der Waals surface area contributed by atoms with E-state index < -0.39 is 9.84 Å². The molecule has 0 aliphatic heterocycles. The van der Waals surface area contributed by atoms with Crippen LogP contribution in [0.4, 0.5) is 0 Å². The number of amides is 1. The van der Waals surface area contributed by atoms with Crippen molar-refractivity contribution in [2.75, 3.05) is 24.7 Å². The van der Waals surface area contributed by atoms with Crippen LogP contribution in [0, 0.1) is 23.2 Å². The predicted octanol–water partition coefficient (Wildman–Crippen LogP) is 2.38. The highest BCUT2D eigenvalue weighted by Gasteiger charge is 2.35. The summed E-state index contributed by atoms with van der Waals surface area (Å²) in [5.41, 5.74) is 0. The molecule has 27 heavy (non-hydrogen) atoms. The summed E-state index contributed by atoms with van der Waals surface area (Å²) in [6.45, 7) is 0.0165. The number of hydrogen-bond donors (Lipinski definition) is 2. The van der Waals surface area contributed by atoms with Crippen LogP contribution in [0.1, 0.15) is 32.1 Å². The van der Waals surface area contributed by atoms with Gasteiger partial charge >= 0.3 is 0 Å². The maximum Gasteiger partial charge on any atom is 0.224 e. The predicted molar refractivity (Wildman–Crippen MR) is 105 cm³/mol. The summed E-state index contributed by atoms with van der Waals surface area (Å²) in [7, 11) is -3.54. The van der Waals surface area contributed by atoms with Crippen molar-refractivity contribution in [1.29, 1.82) is 5.26 Å². The van der Waals surface area contributed by atoms with Crippen molar-refractivity contribution in [1.82, 2.24) is 5.32 Å². The number of carbonyl (C=O) groups is 1. The van der Waals surface area contributed by atoms with Gasteiger partial charge in [-0.1, -0.05) is 25.0 Å². The zero-order valence-corrected chi connectivity index (χ0v) is 16.9. The van der Waals surface area contributed by atoms with Gasteiger partial charge in [-0.2, -0.15) is 5.26 Å². The monoisotopic (exact) mass is 410 g/mol. The zero-order chi connectivity index (χ0) is 19.7. The normalized spacial score (nSPS) is 20.0. The Morgan fingerprint density at radius 3 is 2.78 bits per heavy atom. The third kappa shape index (κ3) is 6.23. The van der Waals surface area contributed by atoms with E-state index in [1.54, 1.807) is 24.3 Å². The van der Waals surface area contributed by atoms with Gasteiger partial charge in [0.05, 0.1) is 16.7 Å². The molecule has 0 heterocycles. The Morgan fingerprint density at radius 1 is 1.30 bits per heavy atom. The molecule has 1 fully saturated rings. The lowest BCUT2D eigenvalue weighted by molar-refractivity contribution is -0.127. The van der Waals surface area contributed by atoms with Gasteiger partial charge in [0.2, 0.25) is 5.91 Å². The molecule has 1 aliphatic rings. The average molecular weight is 411 g/mol. The van der Waals surface area contributed by atoms with Gasteiger partial charge < -0.3 is 10.4 Å². The molecule has 2 N–H and O–H groups in total. The molecule has 2 unspecified atom stereocenters. The van der Waals surface area contributed by atoms with Crippen LogP contribution in [-0.4, -0.2) is 44.1 Å². The first kappa shape index (κ1) is 21.7. The molecule has 0 spiro atoms. The van der Waals surface area contributed by atoms with Gasteiger partial charge in [-0.05, 0) is 37.3 Å². The summed E-state index contributed by atoms with van der Waals surface area (Å²) >= 11 is 1.42. The smallest absolute Gasteiger partial charge is 0.224 e. The molecule has 1 saturated carbocycles. The first-order valence-corrected chi connectivity index (χ1v) is 11.8. The van der Waals surface area contributed by atoms with Crippen LogP contribution in [0.2, 0.25) is 0 Å². The molecule has 1 amide bonds. The number of aliphatic hydroxyl groups excluding tert-OH is 1. The van der Waals surface area contributed by atoms with Crippen LogP contribution >= 0.6 is 11.8 Å². The van der Waals surface area contributed by atoms with Gasteiger partial charge in [0.25, 0.3) is 0 Å².